The Labute approximate surface area is 177 Å². The normalized spacial score (nSPS) is 24.2. The summed E-state index contributed by atoms with van der Waals surface area (Å²) in [7, 11) is 1.54. The number of esters is 1. The summed E-state index contributed by atoms with van der Waals surface area (Å²) < 4.78 is 16.4. The van der Waals surface area contributed by atoms with E-state index in [1.165, 1.54) is 0 Å². The highest BCUT2D eigenvalue weighted by Crippen LogP contribution is 2.32. The SMILES string of the molecule is COC1COC(NCC(=O)OC(C)(C)C)(C(=O)C(=O)CCCCNC(=O)O)C(C)C1. The molecule has 0 aromatic rings. The summed E-state index contributed by atoms with van der Waals surface area (Å²) >= 11 is 0. The first-order chi connectivity index (χ1) is 13.9. The molecule has 1 aliphatic heterocycles. The predicted molar refractivity (Wildman–Crippen MR) is 107 cm³/mol. The molecule has 1 aliphatic rings. The number of Topliss-reactive ketones (excluding diaryl/α,β-unsaturated/α-hetero) is 2. The molecule has 1 saturated heterocycles. The Hall–Kier alpha value is -2.04. The van der Waals surface area contributed by atoms with Crippen LogP contribution in [0, 0.1) is 5.92 Å². The van der Waals surface area contributed by atoms with E-state index in [1.54, 1.807) is 34.8 Å². The minimum atomic E-state index is -1.64. The van der Waals surface area contributed by atoms with Crippen molar-refractivity contribution in [2.75, 3.05) is 26.8 Å². The maximum absolute atomic E-state index is 13.1. The third-order valence-electron chi connectivity index (χ3n) is 4.75. The molecule has 0 radical (unpaired) electrons. The molecule has 1 rings (SSSR count). The second kappa shape index (κ2) is 11.4. The Morgan fingerprint density at radius 1 is 1.20 bits per heavy atom. The molecular formula is C20H34N2O8. The van der Waals surface area contributed by atoms with E-state index >= 15 is 0 Å². The Bertz CT molecular complexity index is 631. The van der Waals surface area contributed by atoms with Crippen LogP contribution in [-0.2, 0) is 28.6 Å². The van der Waals surface area contributed by atoms with Crippen molar-refractivity contribution in [3.05, 3.63) is 0 Å². The second-order valence-corrected chi connectivity index (χ2v) is 8.42. The van der Waals surface area contributed by atoms with E-state index in [1.807, 2.05) is 0 Å². The van der Waals surface area contributed by atoms with Gasteiger partial charge < -0.3 is 24.6 Å². The van der Waals surface area contributed by atoms with Gasteiger partial charge in [-0.2, -0.15) is 0 Å². The Morgan fingerprint density at radius 2 is 1.87 bits per heavy atom. The first-order valence-electron chi connectivity index (χ1n) is 10.1. The molecule has 3 atom stereocenters. The van der Waals surface area contributed by atoms with Crippen LogP contribution in [0.15, 0.2) is 0 Å². The molecular weight excluding hydrogens is 396 g/mol. The highest BCUT2D eigenvalue weighted by molar-refractivity contribution is 6.40. The number of carbonyl (C=O) groups is 4. The molecule has 3 N–H and O–H groups in total. The molecule has 10 nitrogen and oxygen atoms in total. The molecule has 0 spiro atoms. The lowest BCUT2D eigenvalue weighted by Crippen LogP contribution is -2.65. The lowest BCUT2D eigenvalue weighted by molar-refractivity contribution is -0.192. The Morgan fingerprint density at radius 3 is 2.40 bits per heavy atom. The van der Waals surface area contributed by atoms with Crippen LogP contribution in [0.25, 0.3) is 0 Å². The molecule has 0 aromatic heterocycles. The Kier molecular flexibility index (Phi) is 9.86. The van der Waals surface area contributed by atoms with Crippen LogP contribution in [0.4, 0.5) is 4.79 Å². The fraction of sp³-hybridized carbons (Fsp3) is 0.800. The molecule has 30 heavy (non-hydrogen) atoms. The van der Waals surface area contributed by atoms with Gasteiger partial charge in [0, 0.05) is 26.0 Å². The number of carboxylic acid groups (broad SMARTS) is 1. The summed E-state index contributed by atoms with van der Waals surface area (Å²) in [6.07, 6.45) is -0.158. The van der Waals surface area contributed by atoms with Crippen molar-refractivity contribution < 1.29 is 38.5 Å². The number of nitrogens with one attached hydrogen (secondary N) is 2. The summed E-state index contributed by atoms with van der Waals surface area (Å²) in [5.74, 6) is -2.38. The number of hydrogen-bond acceptors (Lipinski definition) is 8. The summed E-state index contributed by atoms with van der Waals surface area (Å²) in [6, 6.07) is 0. The van der Waals surface area contributed by atoms with Crippen molar-refractivity contribution in [3.8, 4) is 0 Å². The van der Waals surface area contributed by atoms with Gasteiger partial charge in [-0.15, -0.1) is 0 Å². The van der Waals surface area contributed by atoms with Crippen molar-refractivity contribution in [2.45, 2.75) is 70.8 Å². The molecule has 10 heteroatoms. The van der Waals surface area contributed by atoms with Gasteiger partial charge in [0.15, 0.2) is 5.72 Å². The zero-order valence-electron chi connectivity index (χ0n) is 18.4. The van der Waals surface area contributed by atoms with E-state index in [9.17, 15) is 19.2 Å². The third-order valence-corrected chi connectivity index (χ3v) is 4.75. The number of amides is 1. The van der Waals surface area contributed by atoms with Gasteiger partial charge in [-0.3, -0.25) is 19.7 Å². The van der Waals surface area contributed by atoms with E-state index in [4.69, 9.17) is 19.3 Å². The fourth-order valence-corrected chi connectivity index (χ4v) is 3.26. The van der Waals surface area contributed by atoms with Crippen molar-refractivity contribution >= 4 is 23.6 Å². The smallest absolute Gasteiger partial charge is 0.404 e. The van der Waals surface area contributed by atoms with Crippen LogP contribution >= 0.6 is 0 Å². The van der Waals surface area contributed by atoms with E-state index < -0.39 is 40.9 Å². The third kappa shape index (κ3) is 8.00. The molecule has 0 bridgehead atoms. The number of methoxy groups -OCH3 is 1. The quantitative estimate of drug-likeness (QED) is 0.251. The fourth-order valence-electron chi connectivity index (χ4n) is 3.26. The molecule has 1 fully saturated rings. The number of ketones is 2. The van der Waals surface area contributed by atoms with Gasteiger partial charge in [0.05, 0.1) is 19.3 Å². The number of ether oxygens (including phenoxy) is 3. The molecule has 1 heterocycles. The second-order valence-electron chi connectivity index (χ2n) is 8.42. The van der Waals surface area contributed by atoms with Crippen molar-refractivity contribution in [2.24, 2.45) is 5.92 Å². The van der Waals surface area contributed by atoms with Crippen LogP contribution in [0.3, 0.4) is 0 Å². The van der Waals surface area contributed by atoms with Gasteiger partial charge in [-0.25, -0.2) is 4.79 Å². The molecule has 172 valence electrons. The monoisotopic (exact) mass is 430 g/mol. The average Bonchev–Trinajstić information content (AvgIpc) is 2.64. The molecule has 1 amide bonds. The van der Waals surface area contributed by atoms with Gasteiger partial charge in [-0.1, -0.05) is 6.92 Å². The minimum absolute atomic E-state index is 0.0419. The van der Waals surface area contributed by atoms with E-state index in [0.717, 1.165) is 0 Å². The largest absolute Gasteiger partial charge is 0.465 e. The first kappa shape index (κ1) is 26.0. The zero-order valence-corrected chi connectivity index (χ0v) is 18.4. The van der Waals surface area contributed by atoms with Crippen LogP contribution < -0.4 is 10.6 Å². The maximum atomic E-state index is 13.1. The summed E-state index contributed by atoms with van der Waals surface area (Å²) in [4.78, 5) is 48.2. The van der Waals surface area contributed by atoms with E-state index in [0.29, 0.717) is 19.3 Å². The predicted octanol–water partition coefficient (Wildman–Crippen LogP) is 1.26. The first-order valence-corrected chi connectivity index (χ1v) is 10.1. The van der Waals surface area contributed by atoms with Crippen molar-refractivity contribution in [3.63, 3.8) is 0 Å². The highest BCUT2D eigenvalue weighted by atomic mass is 16.6. The maximum Gasteiger partial charge on any atom is 0.404 e. The Balaban J connectivity index is 2.82. The van der Waals surface area contributed by atoms with Crippen LogP contribution in [0.1, 0.15) is 53.4 Å². The standard InChI is InChI=1S/C20H34N2O8/c1-13-10-14(28-5)12-29-20(13,22-11-16(24)30-19(2,3)4)17(25)15(23)8-6-7-9-21-18(26)27/h13-14,21-22H,6-12H2,1-5H3,(H,26,27). The zero-order chi connectivity index (χ0) is 22.9. The molecule has 0 aliphatic carbocycles. The van der Waals surface area contributed by atoms with Crippen LogP contribution in [0.2, 0.25) is 0 Å². The molecule has 0 aromatic carbocycles. The lowest BCUT2D eigenvalue weighted by atomic mass is 9.83. The average molecular weight is 430 g/mol. The van der Waals surface area contributed by atoms with Crippen LogP contribution in [0.5, 0.6) is 0 Å². The minimum Gasteiger partial charge on any atom is -0.465 e. The molecule has 0 saturated carbocycles. The van der Waals surface area contributed by atoms with Crippen LogP contribution in [-0.4, -0.2) is 73.0 Å². The van der Waals surface area contributed by atoms with Gasteiger partial charge in [0.25, 0.3) is 0 Å². The number of carbonyl (C=O) groups excluding carboxylic acids is 3. The van der Waals surface area contributed by atoms with Gasteiger partial charge in [0.1, 0.15) is 5.60 Å². The summed E-state index contributed by atoms with van der Waals surface area (Å²) in [5.41, 5.74) is -2.32. The number of unbranched alkanes of at least 4 members (excludes halogenated alkanes) is 1. The topological polar surface area (TPSA) is 140 Å². The lowest BCUT2D eigenvalue weighted by Gasteiger charge is -2.43. The molecule has 3 unspecified atom stereocenters. The summed E-state index contributed by atoms with van der Waals surface area (Å²) in [5, 5.41) is 13.6. The van der Waals surface area contributed by atoms with Crippen molar-refractivity contribution in [1.29, 1.82) is 0 Å². The van der Waals surface area contributed by atoms with E-state index in [2.05, 4.69) is 10.6 Å². The summed E-state index contributed by atoms with van der Waals surface area (Å²) in [6.45, 7) is 6.97. The van der Waals surface area contributed by atoms with E-state index in [-0.39, 0.29) is 32.2 Å². The van der Waals surface area contributed by atoms with Gasteiger partial charge in [-0.05, 0) is 40.0 Å². The number of hydrogen-bond donors (Lipinski definition) is 3. The number of rotatable bonds is 11. The van der Waals surface area contributed by atoms with Crippen molar-refractivity contribution in [1.82, 2.24) is 10.6 Å². The van der Waals surface area contributed by atoms with Gasteiger partial charge in [0.2, 0.25) is 11.6 Å². The van der Waals surface area contributed by atoms with Gasteiger partial charge >= 0.3 is 12.1 Å². The highest BCUT2D eigenvalue weighted by Gasteiger charge is 2.51.